The Morgan fingerprint density at radius 1 is 1.39 bits per heavy atom. The van der Waals surface area contributed by atoms with Crippen LogP contribution in [0, 0.1) is 6.92 Å². The van der Waals surface area contributed by atoms with E-state index in [1.165, 1.54) is 19.9 Å². The third kappa shape index (κ3) is 3.34. The number of aromatic carboxylic acids is 1. The minimum Gasteiger partial charge on any atom is -0.477 e. The van der Waals surface area contributed by atoms with Gasteiger partial charge < -0.3 is 20.7 Å². The molecular formula is C11H15N3O4. The molecule has 1 rings (SSSR count). The number of amides is 2. The maximum Gasteiger partial charge on any atom is 0.354 e. The molecule has 1 aromatic heterocycles. The van der Waals surface area contributed by atoms with Gasteiger partial charge >= 0.3 is 5.97 Å². The van der Waals surface area contributed by atoms with E-state index in [-0.39, 0.29) is 17.3 Å². The lowest BCUT2D eigenvalue weighted by molar-refractivity contribution is -0.124. The highest BCUT2D eigenvalue weighted by Gasteiger charge is 2.19. The number of aromatic amines is 1. The number of aromatic nitrogens is 1. The molecule has 0 aliphatic rings. The van der Waals surface area contributed by atoms with Gasteiger partial charge in [0.1, 0.15) is 11.7 Å². The standard InChI is InChI=1S/C11H15N3O4/c1-5-4-8(9(12-5)11(17)18)14-10(16)6(2)13-7(3)15/h4,6,12H,1-3H3,(H,13,15)(H,14,16)(H,17,18). The van der Waals surface area contributed by atoms with Crippen LogP contribution >= 0.6 is 0 Å². The van der Waals surface area contributed by atoms with Gasteiger partial charge in [0.25, 0.3) is 0 Å². The molecule has 0 spiro atoms. The highest BCUT2D eigenvalue weighted by molar-refractivity contribution is 6.02. The van der Waals surface area contributed by atoms with E-state index in [2.05, 4.69) is 15.6 Å². The van der Waals surface area contributed by atoms with Crippen LogP contribution in [0.25, 0.3) is 0 Å². The van der Waals surface area contributed by atoms with Crippen LogP contribution in [0.5, 0.6) is 0 Å². The summed E-state index contributed by atoms with van der Waals surface area (Å²) >= 11 is 0. The van der Waals surface area contributed by atoms with E-state index in [9.17, 15) is 14.4 Å². The fourth-order valence-electron chi connectivity index (χ4n) is 1.47. The molecule has 7 nitrogen and oxygen atoms in total. The monoisotopic (exact) mass is 253 g/mol. The molecule has 0 aromatic carbocycles. The number of rotatable bonds is 4. The van der Waals surface area contributed by atoms with Crippen LogP contribution in [-0.4, -0.2) is 33.9 Å². The summed E-state index contributed by atoms with van der Waals surface area (Å²) in [5.74, 6) is -1.97. The average Bonchev–Trinajstić information content (AvgIpc) is 2.58. The first-order chi connectivity index (χ1) is 8.31. The second-order valence-electron chi connectivity index (χ2n) is 3.96. The fraction of sp³-hybridized carbons (Fsp3) is 0.364. The first-order valence-electron chi connectivity index (χ1n) is 5.32. The van der Waals surface area contributed by atoms with Gasteiger partial charge in [-0.3, -0.25) is 9.59 Å². The molecule has 0 saturated heterocycles. The Bertz CT molecular complexity index is 492. The van der Waals surface area contributed by atoms with Crippen molar-refractivity contribution in [3.05, 3.63) is 17.5 Å². The number of carbonyl (C=O) groups excluding carboxylic acids is 2. The summed E-state index contributed by atoms with van der Waals surface area (Å²) in [4.78, 5) is 36.0. The third-order valence-electron chi connectivity index (χ3n) is 2.24. The van der Waals surface area contributed by atoms with Crippen LogP contribution in [0.15, 0.2) is 6.07 Å². The average molecular weight is 253 g/mol. The Balaban J connectivity index is 2.81. The minimum atomic E-state index is -1.16. The van der Waals surface area contributed by atoms with E-state index in [0.717, 1.165) is 0 Å². The van der Waals surface area contributed by atoms with Crippen molar-refractivity contribution in [2.24, 2.45) is 0 Å². The van der Waals surface area contributed by atoms with E-state index < -0.39 is 17.9 Å². The molecule has 0 aliphatic carbocycles. The van der Waals surface area contributed by atoms with E-state index in [0.29, 0.717) is 5.69 Å². The lowest BCUT2D eigenvalue weighted by Crippen LogP contribution is -2.40. The summed E-state index contributed by atoms with van der Waals surface area (Å²) in [6.45, 7) is 4.49. The molecule has 2 amide bonds. The highest BCUT2D eigenvalue weighted by Crippen LogP contribution is 2.16. The summed E-state index contributed by atoms with van der Waals surface area (Å²) in [6.07, 6.45) is 0. The summed E-state index contributed by atoms with van der Waals surface area (Å²) in [5, 5.41) is 13.8. The fourth-order valence-corrected chi connectivity index (χ4v) is 1.47. The summed E-state index contributed by atoms with van der Waals surface area (Å²) in [5.41, 5.74) is 0.716. The van der Waals surface area contributed by atoms with E-state index in [4.69, 9.17) is 5.11 Å². The molecule has 4 N–H and O–H groups in total. The van der Waals surface area contributed by atoms with Crippen LogP contribution in [0.1, 0.15) is 30.0 Å². The maximum atomic E-state index is 11.7. The number of H-pyrrole nitrogens is 1. The third-order valence-corrected chi connectivity index (χ3v) is 2.24. The van der Waals surface area contributed by atoms with Crippen LogP contribution < -0.4 is 10.6 Å². The molecule has 0 radical (unpaired) electrons. The van der Waals surface area contributed by atoms with Crippen LogP contribution in [-0.2, 0) is 9.59 Å². The van der Waals surface area contributed by atoms with Crippen molar-refractivity contribution in [3.8, 4) is 0 Å². The van der Waals surface area contributed by atoms with Crippen LogP contribution in [0.3, 0.4) is 0 Å². The molecule has 1 aromatic rings. The van der Waals surface area contributed by atoms with E-state index in [1.807, 2.05) is 0 Å². The number of carboxylic acid groups (broad SMARTS) is 1. The van der Waals surface area contributed by atoms with Gasteiger partial charge in [-0.2, -0.15) is 0 Å². The number of hydrogen-bond acceptors (Lipinski definition) is 3. The number of carboxylic acids is 1. The molecule has 1 heterocycles. The van der Waals surface area contributed by atoms with Gasteiger partial charge in [0, 0.05) is 12.6 Å². The normalized spacial score (nSPS) is 11.7. The molecule has 0 bridgehead atoms. The minimum absolute atomic E-state index is 0.0872. The maximum absolute atomic E-state index is 11.7. The SMILES string of the molecule is CC(=O)NC(C)C(=O)Nc1cc(C)[nH]c1C(=O)O. The smallest absolute Gasteiger partial charge is 0.354 e. The molecular weight excluding hydrogens is 238 g/mol. The molecule has 0 aliphatic heterocycles. The van der Waals surface area contributed by atoms with Gasteiger partial charge in [0.15, 0.2) is 0 Å². The lowest BCUT2D eigenvalue weighted by Gasteiger charge is -2.12. The summed E-state index contributed by atoms with van der Waals surface area (Å²) in [6, 6.07) is 0.779. The van der Waals surface area contributed by atoms with Crippen molar-refractivity contribution in [1.82, 2.24) is 10.3 Å². The molecule has 0 fully saturated rings. The number of hydrogen-bond donors (Lipinski definition) is 4. The van der Waals surface area contributed by atoms with Crippen molar-refractivity contribution >= 4 is 23.5 Å². The molecule has 1 atom stereocenters. The van der Waals surface area contributed by atoms with E-state index in [1.54, 1.807) is 6.92 Å². The zero-order valence-electron chi connectivity index (χ0n) is 10.3. The topological polar surface area (TPSA) is 111 Å². The largest absolute Gasteiger partial charge is 0.477 e. The molecule has 7 heteroatoms. The van der Waals surface area contributed by atoms with Gasteiger partial charge in [-0.05, 0) is 19.9 Å². The molecule has 98 valence electrons. The highest BCUT2D eigenvalue weighted by atomic mass is 16.4. The quantitative estimate of drug-likeness (QED) is 0.625. The van der Waals surface area contributed by atoms with Crippen LogP contribution in [0.4, 0.5) is 5.69 Å². The van der Waals surface area contributed by atoms with Crippen molar-refractivity contribution in [3.63, 3.8) is 0 Å². The van der Waals surface area contributed by atoms with Gasteiger partial charge in [0.2, 0.25) is 11.8 Å². The van der Waals surface area contributed by atoms with Crippen LogP contribution in [0.2, 0.25) is 0 Å². The number of anilines is 1. The number of aryl methyl sites for hydroxylation is 1. The predicted molar refractivity (Wildman–Crippen MR) is 64.4 cm³/mol. The molecule has 18 heavy (non-hydrogen) atoms. The lowest BCUT2D eigenvalue weighted by atomic mass is 10.2. The number of carbonyl (C=O) groups is 3. The van der Waals surface area contributed by atoms with Crippen molar-refractivity contribution in [2.75, 3.05) is 5.32 Å². The van der Waals surface area contributed by atoms with E-state index >= 15 is 0 Å². The Labute approximate surface area is 104 Å². The Morgan fingerprint density at radius 2 is 2.00 bits per heavy atom. The predicted octanol–water partition coefficient (Wildman–Crippen LogP) is 0.484. The second-order valence-corrected chi connectivity index (χ2v) is 3.96. The van der Waals surface area contributed by atoms with Gasteiger partial charge in [-0.1, -0.05) is 0 Å². The first kappa shape index (κ1) is 13.8. The Hall–Kier alpha value is -2.31. The Kier molecular flexibility index (Phi) is 4.09. The first-order valence-corrected chi connectivity index (χ1v) is 5.32. The second kappa shape index (κ2) is 5.35. The molecule has 0 saturated carbocycles. The van der Waals surface area contributed by atoms with Gasteiger partial charge in [-0.15, -0.1) is 0 Å². The molecule has 1 unspecified atom stereocenters. The van der Waals surface area contributed by atoms with Crippen molar-refractivity contribution in [2.45, 2.75) is 26.8 Å². The van der Waals surface area contributed by atoms with Gasteiger partial charge in [-0.25, -0.2) is 4.79 Å². The zero-order chi connectivity index (χ0) is 13.9. The number of nitrogens with one attached hydrogen (secondary N) is 3. The van der Waals surface area contributed by atoms with Crippen molar-refractivity contribution in [1.29, 1.82) is 0 Å². The summed E-state index contributed by atoms with van der Waals surface area (Å²) in [7, 11) is 0. The summed E-state index contributed by atoms with van der Waals surface area (Å²) < 4.78 is 0. The Morgan fingerprint density at radius 3 is 2.50 bits per heavy atom. The van der Waals surface area contributed by atoms with Crippen molar-refractivity contribution < 1.29 is 19.5 Å². The zero-order valence-corrected chi connectivity index (χ0v) is 10.3. The van der Waals surface area contributed by atoms with Gasteiger partial charge in [0.05, 0.1) is 5.69 Å².